The number of aliphatic carboxylic acids is 1. The highest BCUT2D eigenvalue weighted by Crippen LogP contribution is 2.23. The molecule has 0 aliphatic carbocycles. The number of carboxylic acid groups (broad SMARTS) is 1. The van der Waals surface area contributed by atoms with Gasteiger partial charge in [-0.15, -0.1) is 0 Å². The lowest BCUT2D eigenvalue weighted by Gasteiger charge is -2.23. The highest BCUT2D eigenvalue weighted by molar-refractivity contribution is 6.30. The summed E-state index contributed by atoms with van der Waals surface area (Å²) < 4.78 is 1.77. The van der Waals surface area contributed by atoms with Gasteiger partial charge in [-0.05, 0) is 36.4 Å². The molecule has 162 valence electrons. The zero-order valence-electron chi connectivity index (χ0n) is 17.0. The number of carbonyl (C=O) groups is 2. The molecule has 0 atom stereocenters. The highest BCUT2D eigenvalue weighted by atomic mass is 35.5. The summed E-state index contributed by atoms with van der Waals surface area (Å²) in [5, 5.41) is 13.5. The van der Waals surface area contributed by atoms with E-state index in [2.05, 4.69) is 15.3 Å². The average Bonchev–Trinajstić information content (AvgIpc) is 3.19. The van der Waals surface area contributed by atoms with Gasteiger partial charge in [-0.3, -0.25) is 14.2 Å². The van der Waals surface area contributed by atoms with Crippen LogP contribution in [0.5, 0.6) is 0 Å². The quantitative estimate of drug-likeness (QED) is 0.427. The molecule has 0 unspecified atom stereocenters. The number of hydrogen-bond acceptors (Lipinski definition) is 5. The molecule has 0 aliphatic heterocycles. The summed E-state index contributed by atoms with van der Waals surface area (Å²) in [7, 11) is 0. The lowest BCUT2D eigenvalue weighted by molar-refractivity contribution is -0.135. The Morgan fingerprint density at radius 2 is 1.75 bits per heavy atom. The largest absolute Gasteiger partial charge is 0.480 e. The number of hydrogen-bond donors (Lipinski definition) is 2. The normalized spacial score (nSPS) is 10.8. The van der Waals surface area contributed by atoms with Crippen molar-refractivity contribution in [2.24, 2.45) is 0 Å². The molecule has 0 radical (unpaired) electrons. The Bertz CT molecular complexity index is 1240. The number of aromatic nitrogens is 3. The van der Waals surface area contributed by atoms with Gasteiger partial charge in [0, 0.05) is 47.8 Å². The van der Waals surface area contributed by atoms with E-state index in [0.717, 1.165) is 10.9 Å². The molecule has 2 heterocycles. The van der Waals surface area contributed by atoms with E-state index in [-0.39, 0.29) is 19.0 Å². The molecule has 9 heteroatoms. The van der Waals surface area contributed by atoms with Gasteiger partial charge < -0.3 is 15.3 Å². The number of para-hydroxylation sites is 1. The maximum absolute atomic E-state index is 13.0. The maximum atomic E-state index is 13.0. The molecule has 0 spiro atoms. The second kappa shape index (κ2) is 9.49. The molecule has 0 bridgehead atoms. The van der Waals surface area contributed by atoms with E-state index in [4.69, 9.17) is 11.6 Å². The van der Waals surface area contributed by atoms with Crippen LogP contribution >= 0.6 is 11.6 Å². The minimum atomic E-state index is -0.961. The number of amides is 1. The van der Waals surface area contributed by atoms with Gasteiger partial charge >= 0.3 is 5.97 Å². The van der Waals surface area contributed by atoms with E-state index >= 15 is 0 Å². The number of anilines is 1. The fourth-order valence-corrected chi connectivity index (χ4v) is 3.58. The average molecular weight is 450 g/mol. The molecule has 2 N–H and O–H groups in total. The minimum absolute atomic E-state index is 0.192. The molecule has 4 aromatic rings. The molecule has 4 rings (SSSR count). The number of halogens is 1. The molecule has 0 aliphatic rings. The standard InChI is InChI=1S/C23H20ClN5O3/c24-16-6-8-17(9-7-16)28(15-21(30)31)13-12-25-22(32)19-14-29(23-26-10-3-11-27-23)20-5-2-1-4-18(19)20/h1-11,14H,12-13,15H2,(H,25,32)(H,30,31). The fraction of sp³-hybridized carbons (Fsp3) is 0.130. The van der Waals surface area contributed by atoms with Crippen LogP contribution in [0.3, 0.4) is 0 Å². The second-order valence-electron chi connectivity index (χ2n) is 7.03. The lowest BCUT2D eigenvalue weighted by atomic mass is 10.1. The van der Waals surface area contributed by atoms with Gasteiger partial charge in [-0.2, -0.15) is 0 Å². The van der Waals surface area contributed by atoms with E-state index in [0.29, 0.717) is 28.8 Å². The van der Waals surface area contributed by atoms with E-state index in [1.165, 1.54) is 0 Å². The first-order chi connectivity index (χ1) is 15.5. The van der Waals surface area contributed by atoms with Gasteiger partial charge in [0.1, 0.15) is 6.54 Å². The van der Waals surface area contributed by atoms with E-state index in [9.17, 15) is 14.7 Å². The van der Waals surface area contributed by atoms with Crippen LogP contribution in [0.25, 0.3) is 16.9 Å². The maximum Gasteiger partial charge on any atom is 0.323 e. The third kappa shape index (κ3) is 4.70. The zero-order chi connectivity index (χ0) is 22.5. The third-order valence-corrected chi connectivity index (χ3v) is 5.16. The molecule has 1 amide bonds. The molecular weight excluding hydrogens is 430 g/mol. The predicted octanol–water partition coefficient (Wildman–Crippen LogP) is 3.39. The number of benzene rings is 2. The van der Waals surface area contributed by atoms with Crippen LogP contribution in [0.2, 0.25) is 5.02 Å². The van der Waals surface area contributed by atoms with Crippen molar-refractivity contribution >= 4 is 40.1 Å². The molecule has 32 heavy (non-hydrogen) atoms. The van der Waals surface area contributed by atoms with Crippen LogP contribution in [-0.4, -0.2) is 51.2 Å². The van der Waals surface area contributed by atoms with Gasteiger partial charge in [0.05, 0.1) is 11.1 Å². The summed E-state index contributed by atoms with van der Waals surface area (Å²) >= 11 is 5.93. The summed E-state index contributed by atoms with van der Waals surface area (Å²) in [6.45, 7) is 0.387. The summed E-state index contributed by atoms with van der Waals surface area (Å²) in [6, 6.07) is 16.2. The van der Waals surface area contributed by atoms with Gasteiger partial charge in [0.2, 0.25) is 5.95 Å². The highest BCUT2D eigenvalue weighted by Gasteiger charge is 2.17. The Kier molecular flexibility index (Phi) is 6.32. The molecule has 8 nitrogen and oxygen atoms in total. The smallest absolute Gasteiger partial charge is 0.323 e. The second-order valence-corrected chi connectivity index (χ2v) is 7.46. The van der Waals surface area contributed by atoms with Crippen LogP contribution in [0.1, 0.15) is 10.4 Å². The van der Waals surface area contributed by atoms with Crippen molar-refractivity contribution in [3.05, 3.63) is 83.8 Å². The number of nitrogens with zero attached hydrogens (tertiary/aromatic N) is 4. The summed E-state index contributed by atoms with van der Waals surface area (Å²) in [4.78, 5) is 34.5. The van der Waals surface area contributed by atoms with Gasteiger partial charge in [0.15, 0.2) is 0 Å². The monoisotopic (exact) mass is 449 g/mol. The van der Waals surface area contributed by atoms with Crippen LogP contribution < -0.4 is 10.2 Å². The number of fused-ring (bicyclic) bond motifs is 1. The molecule has 2 aromatic heterocycles. The molecule has 0 fully saturated rings. The SMILES string of the molecule is O=C(O)CN(CCNC(=O)c1cn(-c2ncccn2)c2ccccc12)c1ccc(Cl)cc1. The number of nitrogens with one attached hydrogen (secondary N) is 1. The third-order valence-electron chi connectivity index (χ3n) is 4.91. The van der Waals surface area contributed by atoms with E-state index < -0.39 is 5.97 Å². The summed E-state index contributed by atoms with van der Waals surface area (Å²) in [6.07, 6.45) is 5.00. The minimum Gasteiger partial charge on any atom is -0.480 e. The lowest BCUT2D eigenvalue weighted by Crippen LogP contribution is -2.37. The first-order valence-corrected chi connectivity index (χ1v) is 10.3. The Hall–Kier alpha value is -3.91. The summed E-state index contributed by atoms with van der Waals surface area (Å²) in [5.74, 6) is -0.752. The van der Waals surface area contributed by atoms with Crippen molar-refractivity contribution < 1.29 is 14.7 Å². The van der Waals surface area contributed by atoms with E-state index in [1.807, 2.05) is 24.3 Å². The van der Waals surface area contributed by atoms with Gasteiger partial charge in [-0.25, -0.2) is 9.97 Å². The van der Waals surface area contributed by atoms with Crippen molar-refractivity contribution in [1.29, 1.82) is 0 Å². The molecular formula is C23H20ClN5O3. The first kappa shape index (κ1) is 21.3. The van der Waals surface area contributed by atoms with Crippen molar-refractivity contribution in [2.45, 2.75) is 0 Å². The number of carbonyl (C=O) groups excluding carboxylic acids is 1. The molecule has 0 saturated carbocycles. The topological polar surface area (TPSA) is 100 Å². The predicted molar refractivity (Wildman–Crippen MR) is 122 cm³/mol. The Morgan fingerprint density at radius 3 is 2.47 bits per heavy atom. The Morgan fingerprint density at radius 1 is 1.03 bits per heavy atom. The van der Waals surface area contributed by atoms with Crippen LogP contribution in [-0.2, 0) is 4.79 Å². The van der Waals surface area contributed by atoms with Crippen LogP contribution in [0.15, 0.2) is 73.2 Å². The Labute approximate surface area is 189 Å². The molecule has 2 aromatic carbocycles. The van der Waals surface area contributed by atoms with Gasteiger partial charge in [-0.1, -0.05) is 29.8 Å². The van der Waals surface area contributed by atoms with Crippen molar-refractivity contribution in [1.82, 2.24) is 19.9 Å². The van der Waals surface area contributed by atoms with Crippen molar-refractivity contribution in [3.63, 3.8) is 0 Å². The van der Waals surface area contributed by atoms with Crippen molar-refractivity contribution in [2.75, 3.05) is 24.5 Å². The summed E-state index contributed by atoms with van der Waals surface area (Å²) in [5.41, 5.74) is 2.02. The molecule has 0 saturated heterocycles. The van der Waals surface area contributed by atoms with Gasteiger partial charge in [0.25, 0.3) is 5.91 Å². The van der Waals surface area contributed by atoms with Crippen LogP contribution in [0, 0.1) is 0 Å². The van der Waals surface area contributed by atoms with Crippen LogP contribution in [0.4, 0.5) is 5.69 Å². The number of rotatable bonds is 8. The number of carboxylic acids is 1. The zero-order valence-corrected chi connectivity index (χ0v) is 17.7. The van der Waals surface area contributed by atoms with E-state index in [1.54, 1.807) is 58.4 Å². The fourth-order valence-electron chi connectivity index (χ4n) is 3.46. The first-order valence-electron chi connectivity index (χ1n) is 9.91. The van der Waals surface area contributed by atoms with Crippen molar-refractivity contribution in [3.8, 4) is 5.95 Å². The Balaban J connectivity index is 1.51.